The molecule has 180 valence electrons. The summed E-state index contributed by atoms with van der Waals surface area (Å²) in [7, 11) is 0.762. The molecule has 32 heavy (non-hydrogen) atoms. The number of ether oxygens (including phenoxy) is 1. The first-order valence-corrected chi connectivity index (χ1v) is 15.4. The first-order valence-electron chi connectivity index (χ1n) is 11.2. The van der Waals surface area contributed by atoms with Gasteiger partial charge in [0.05, 0.1) is 30.0 Å². The molecule has 3 rings (SSSR count). The lowest BCUT2D eigenvalue weighted by molar-refractivity contribution is -0.157. The zero-order chi connectivity index (χ0) is 23.5. The van der Waals surface area contributed by atoms with E-state index < -0.39 is 7.12 Å². The van der Waals surface area contributed by atoms with Crippen molar-refractivity contribution in [2.75, 3.05) is 26.6 Å². The van der Waals surface area contributed by atoms with E-state index in [0.29, 0.717) is 33.0 Å². The fraction of sp³-hybridized carbons (Fsp3) is 0.727. The maximum absolute atomic E-state index is 6.60. The summed E-state index contributed by atoms with van der Waals surface area (Å²) in [4.78, 5) is 0. The van der Waals surface area contributed by atoms with Crippen molar-refractivity contribution >= 4 is 39.0 Å². The molecule has 0 spiro atoms. The van der Waals surface area contributed by atoms with Gasteiger partial charge < -0.3 is 27.6 Å². The lowest BCUT2D eigenvalue weighted by Gasteiger charge is -2.42. The summed E-state index contributed by atoms with van der Waals surface area (Å²) in [5.74, 6) is 0. The predicted molar refractivity (Wildman–Crippen MR) is 138 cm³/mol. The van der Waals surface area contributed by atoms with Gasteiger partial charge in [0.15, 0.2) is 0 Å². The molecular formula is C22H38BO6P3. The van der Waals surface area contributed by atoms with Gasteiger partial charge in [0.1, 0.15) is 12.2 Å². The maximum Gasteiger partial charge on any atom is 0.495 e. The molecule has 6 nitrogen and oxygen atoms in total. The summed E-state index contributed by atoms with van der Waals surface area (Å²) in [5.41, 5.74) is 2.46. The van der Waals surface area contributed by atoms with Crippen LogP contribution in [0.25, 0.3) is 0 Å². The van der Waals surface area contributed by atoms with Gasteiger partial charge in [-0.25, -0.2) is 0 Å². The molecule has 0 aliphatic carbocycles. The summed E-state index contributed by atoms with van der Waals surface area (Å²) in [6.45, 7) is 17.1. The van der Waals surface area contributed by atoms with E-state index in [0.717, 1.165) is 23.0 Å². The zero-order valence-electron chi connectivity index (χ0n) is 20.5. The molecule has 0 amide bonds. The second-order valence-electron chi connectivity index (χ2n) is 9.23. The average molecular weight is 502 g/mol. The molecule has 1 aromatic carbocycles. The second-order valence-corrected chi connectivity index (χ2v) is 11.2. The topological polar surface area (TPSA) is 55.4 Å². The Morgan fingerprint density at radius 3 is 2.25 bits per heavy atom. The molecule has 0 saturated carbocycles. The number of hydrogen-bond acceptors (Lipinski definition) is 6. The Hall–Kier alpha value is 0.335. The van der Waals surface area contributed by atoms with Crippen LogP contribution in [0.15, 0.2) is 18.2 Å². The van der Waals surface area contributed by atoms with Crippen molar-refractivity contribution in [3.8, 4) is 0 Å². The molecule has 2 fully saturated rings. The molecule has 2 saturated heterocycles. The summed E-state index contributed by atoms with van der Waals surface area (Å²) in [5, 5.41) is 0. The van der Waals surface area contributed by atoms with Crippen LogP contribution < -0.4 is 5.46 Å². The van der Waals surface area contributed by atoms with Crippen LogP contribution in [0, 0.1) is 6.92 Å². The molecule has 2 heterocycles. The smallest absolute Gasteiger partial charge is 0.399 e. The normalized spacial score (nSPS) is 30.6. The fourth-order valence-corrected chi connectivity index (χ4v) is 5.64. The van der Waals surface area contributed by atoms with E-state index in [1.165, 1.54) is 0 Å². The first-order chi connectivity index (χ1) is 15.1. The minimum Gasteiger partial charge on any atom is -0.399 e. The third-order valence-corrected chi connectivity index (χ3v) is 8.17. The van der Waals surface area contributed by atoms with E-state index in [4.69, 9.17) is 27.6 Å². The van der Waals surface area contributed by atoms with E-state index in [9.17, 15) is 0 Å². The van der Waals surface area contributed by atoms with E-state index >= 15 is 0 Å². The lowest BCUT2D eigenvalue weighted by atomic mass is 9.74. The summed E-state index contributed by atoms with van der Waals surface area (Å²) in [6, 6.07) is 6.27. The Morgan fingerprint density at radius 2 is 1.66 bits per heavy atom. The Labute approximate surface area is 199 Å². The molecule has 10 heteroatoms. The van der Waals surface area contributed by atoms with Crippen molar-refractivity contribution in [3.05, 3.63) is 29.3 Å². The molecular weight excluding hydrogens is 464 g/mol. The zero-order valence-corrected chi connectivity index (χ0v) is 23.5. The molecule has 2 aliphatic rings. The summed E-state index contributed by atoms with van der Waals surface area (Å²) < 4.78 is 37.4. The van der Waals surface area contributed by atoms with Gasteiger partial charge in [0, 0.05) is 32.8 Å². The van der Waals surface area contributed by atoms with Gasteiger partial charge in [-0.1, -0.05) is 18.2 Å². The lowest BCUT2D eigenvalue weighted by Crippen LogP contribution is -2.46. The monoisotopic (exact) mass is 502 g/mol. The quantitative estimate of drug-likeness (QED) is 0.364. The number of rotatable bonds is 9. The third kappa shape index (κ3) is 5.76. The van der Waals surface area contributed by atoms with E-state index in [2.05, 4.69) is 59.5 Å². The molecule has 2 aliphatic heterocycles. The van der Waals surface area contributed by atoms with Gasteiger partial charge in [-0.05, 0) is 71.2 Å². The molecule has 0 bridgehead atoms. The minimum atomic E-state index is -0.416. The van der Waals surface area contributed by atoms with Gasteiger partial charge in [0.25, 0.3) is 0 Å². The Balaban J connectivity index is 1.95. The van der Waals surface area contributed by atoms with Gasteiger partial charge in [-0.15, -0.1) is 0 Å². The van der Waals surface area contributed by atoms with Crippen LogP contribution in [0.5, 0.6) is 0 Å². The van der Waals surface area contributed by atoms with E-state index in [1.54, 1.807) is 0 Å². The highest BCUT2D eigenvalue weighted by atomic mass is 31.1. The predicted octanol–water partition coefficient (Wildman–Crippen LogP) is 4.58. The van der Waals surface area contributed by atoms with Gasteiger partial charge >= 0.3 is 7.12 Å². The van der Waals surface area contributed by atoms with E-state index in [1.807, 2.05) is 13.3 Å². The Morgan fingerprint density at radius 1 is 1.00 bits per heavy atom. The van der Waals surface area contributed by atoms with Crippen LogP contribution in [-0.4, -0.2) is 63.2 Å². The molecule has 7 atom stereocenters. The highest BCUT2D eigenvalue weighted by Gasteiger charge is 2.52. The fourth-order valence-electron chi connectivity index (χ4n) is 4.21. The van der Waals surface area contributed by atoms with Crippen LogP contribution >= 0.6 is 26.4 Å². The second kappa shape index (κ2) is 11.4. The van der Waals surface area contributed by atoms with Crippen molar-refractivity contribution in [3.63, 3.8) is 0 Å². The van der Waals surface area contributed by atoms with Crippen LogP contribution in [0.2, 0.25) is 0 Å². The van der Waals surface area contributed by atoms with Crippen molar-refractivity contribution in [2.45, 2.75) is 76.7 Å². The molecule has 0 aromatic heterocycles. The van der Waals surface area contributed by atoms with Gasteiger partial charge in [-0.3, -0.25) is 0 Å². The maximum atomic E-state index is 6.60. The van der Waals surface area contributed by atoms with Crippen molar-refractivity contribution in [2.24, 2.45) is 0 Å². The van der Waals surface area contributed by atoms with Crippen LogP contribution in [0.1, 0.15) is 51.3 Å². The summed E-state index contributed by atoms with van der Waals surface area (Å²) in [6.07, 6.45) is 0.298. The van der Waals surface area contributed by atoms with Gasteiger partial charge in [-0.2, -0.15) is 0 Å². The average Bonchev–Trinajstić information content (AvgIpc) is 2.95. The standard InChI is InChI=1S/C22H38BO6P3/c1-14-16(10-9-11-17(14)23-28-21(2,3)22(4,5)29-23)19-20(27-32-8)18(26-31-7)12-15(25-19)13-24-30-6/h9-11,15,18-20,30-32H,12-13H2,1-8H3/t15?,18?,19-,20?/m1/s1. The van der Waals surface area contributed by atoms with E-state index in [-0.39, 0.29) is 35.6 Å². The Bertz CT molecular complexity index is 749. The van der Waals surface area contributed by atoms with Crippen molar-refractivity contribution in [1.82, 2.24) is 0 Å². The van der Waals surface area contributed by atoms with Crippen LogP contribution in [-0.2, 0) is 27.6 Å². The van der Waals surface area contributed by atoms with Crippen molar-refractivity contribution < 1.29 is 27.6 Å². The highest BCUT2D eigenvalue weighted by molar-refractivity contribution is 7.31. The Kier molecular flexibility index (Phi) is 9.58. The summed E-state index contributed by atoms with van der Waals surface area (Å²) >= 11 is 0. The van der Waals surface area contributed by atoms with Crippen molar-refractivity contribution in [1.29, 1.82) is 0 Å². The third-order valence-electron chi connectivity index (χ3n) is 6.67. The van der Waals surface area contributed by atoms with Crippen LogP contribution in [0.4, 0.5) is 0 Å². The van der Waals surface area contributed by atoms with Gasteiger partial charge in [0.2, 0.25) is 0 Å². The van der Waals surface area contributed by atoms with Crippen LogP contribution in [0.3, 0.4) is 0 Å². The first kappa shape index (κ1) is 26.9. The SMILES string of the molecule is CPOCC1CC(OPC)C(OPC)[C@@H](c2cccc(B3OC(C)(C)C(C)(C)O3)c2C)O1. The largest absolute Gasteiger partial charge is 0.495 e. The molecule has 0 N–H and O–H groups in total. The number of benzene rings is 1. The molecule has 1 aromatic rings. The molecule has 0 radical (unpaired) electrons. The highest BCUT2D eigenvalue weighted by Crippen LogP contribution is 2.41. The number of hydrogen-bond donors (Lipinski definition) is 0. The molecule has 6 unspecified atom stereocenters. The minimum absolute atomic E-state index is 0.0294.